The second-order valence-corrected chi connectivity index (χ2v) is 20.8. The van der Waals surface area contributed by atoms with E-state index >= 15 is 0 Å². The Morgan fingerprint density at radius 2 is 1.38 bits per heavy atom. The van der Waals surface area contributed by atoms with E-state index in [0.29, 0.717) is 19.3 Å². The predicted molar refractivity (Wildman–Crippen MR) is 196 cm³/mol. The molecule has 21 atom stereocenters. The van der Waals surface area contributed by atoms with Crippen molar-refractivity contribution in [3.63, 3.8) is 0 Å². The van der Waals surface area contributed by atoms with Crippen LogP contribution in [0.5, 0.6) is 0 Å². The molecule has 14 nitrogen and oxygen atoms in total. The van der Waals surface area contributed by atoms with Crippen LogP contribution in [0.2, 0.25) is 0 Å². The van der Waals surface area contributed by atoms with Gasteiger partial charge in [0, 0.05) is 6.42 Å². The van der Waals surface area contributed by atoms with E-state index in [1.54, 1.807) is 13.8 Å². The van der Waals surface area contributed by atoms with Gasteiger partial charge in [-0.15, -0.1) is 0 Å². The Kier molecular flexibility index (Phi) is 11.1. The van der Waals surface area contributed by atoms with Crippen molar-refractivity contribution in [2.75, 3.05) is 13.2 Å². The zero-order valence-corrected chi connectivity index (χ0v) is 34.0. The fourth-order valence-corrected chi connectivity index (χ4v) is 14.0. The summed E-state index contributed by atoms with van der Waals surface area (Å²) >= 11 is 0. The second kappa shape index (κ2) is 14.3. The third-order valence-electron chi connectivity index (χ3n) is 17.0. The first-order chi connectivity index (χ1) is 25.4. The molecule has 3 saturated heterocycles. The van der Waals surface area contributed by atoms with Gasteiger partial charge in [0.1, 0.15) is 48.8 Å². The van der Waals surface area contributed by atoms with Crippen molar-refractivity contribution >= 4 is 0 Å². The Balaban J connectivity index is 1.10. The molecule has 4 saturated carbocycles. The van der Waals surface area contributed by atoms with Gasteiger partial charge >= 0.3 is 0 Å². The van der Waals surface area contributed by atoms with Gasteiger partial charge in [-0.1, -0.05) is 34.6 Å². The highest BCUT2D eigenvalue weighted by atomic mass is 16.8. The lowest BCUT2D eigenvalue weighted by atomic mass is 9.35. The Hall–Kier alpha value is -0.560. The monoisotopic (exact) mass is 786 g/mol. The number of hydrogen-bond donors (Lipinski definition) is 9. The average Bonchev–Trinajstić information content (AvgIpc) is 3.65. The van der Waals surface area contributed by atoms with Crippen LogP contribution in [-0.4, -0.2) is 150 Å². The van der Waals surface area contributed by atoms with E-state index in [0.717, 1.165) is 32.1 Å². The van der Waals surface area contributed by atoms with Crippen LogP contribution < -0.4 is 0 Å². The number of rotatable bonds is 7. The maximum absolute atomic E-state index is 12.3. The van der Waals surface area contributed by atoms with Crippen molar-refractivity contribution in [3.8, 4) is 0 Å². The summed E-state index contributed by atoms with van der Waals surface area (Å²) in [7, 11) is 0. The van der Waals surface area contributed by atoms with Crippen LogP contribution in [0.25, 0.3) is 0 Å². The van der Waals surface area contributed by atoms with Crippen molar-refractivity contribution < 1.29 is 69.6 Å². The standard InChI is InChI=1S/C41H70O14/c1-36(2)24-10-14-39(6)25(15-20(43)27-19(9-13-40(27,39)7)41(8)16-21(44)33(55-41)37(3,4)50)38(24,5)12-11-26(36)53-35-32(28(46)22(45)18-51-35)54-34-31(49)30(48)29(47)23(17-42)52-34/h19-35,42-50H,9-18H2,1-8H3/t19-,20?,21-,22+,23+,24?,25+,26-,27?,28-,29+,30-,31+,32+,33-,34-,35-,38-,39+,40+,41-/m0/s1. The zero-order chi connectivity index (χ0) is 40.4. The minimum atomic E-state index is -1.71. The lowest BCUT2D eigenvalue weighted by molar-refractivity contribution is -0.367. The molecule has 55 heavy (non-hydrogen) atoms. The highest BCUT2D eigenvalue weighted by molar-refractivity contribution is 5.21. The second-order valence-electron chi connectivity index (χ2n) is 20.8. The van der Waals surface area contributed by atoms with Crippen molar-refractivity contribution in [2.45, 2.75) is 198 Å². The van der Waals surface area contributed by atoms with Crippen molar-refractivity contribution in [1.82, 2.24) is 0 Å². The van der Waals surface area contributed by atoms with Gasteiger partial charge in [0.15, 0.2) is 12.6 Å². The van der Waals surface area contributed by atoms with Crippen LogP contribution in [-0.2, 0) is 23.7 Å². The van der Waals surface area contributed by atoms with Crippen LogP contribution in [0.15, 0.2) is 0 Å². The fraction of sp³-hybridized carbons (Fsp3) is 1.00. The van der Waals surface area contributed by atoms with Crippen LogP contribution in [0.4, 0.5) is 0 Å². The number of fused-ring (bicyclic) bond motifs is 5. The number of ether oxygens (including phenoxy) is 5. The first-order valence-corrected chi connectivity index (χ1v) is 20.8. The molecule has 4 aliphatic carbocycles. The molecule has 3 heterocycles. The maximum atomic E-state index is 12.3. The molecule has 14 heteroatoms. The first-order valence-electron chi connectivity index (χ1n) is 20.8. The summed E-state index contributed by atoms with van der Waals surface area (Å²) in [5, 5.41) is 96.8. The molecule has 0 aromatic rings. The topological polar surface area (TPSA) is 228 Å². The van der Waals surface area contributed by atoms with Crippen LogP contribution in [0.3, 0.4) is 0 Å². The van der Waals surface area contributed by atoms with Crippen molar-refractivity contribution in [1.29, 1.82) is 0 Å². The number of aliphatic hydroxyl groups is 9. The highest BCUT2D eigenvalue weighted by Gasteiger charge is 2.72. The summed E-state index contributed by atoms with van der Waals surface area (Å²) in [6, 6.07) is 0. The molecule has 7 rings (SSSR count). The smallest absolute Gasteiger partial charge is 0.187 e. The van der Waals surface area contributed by atoms with E-state index in [9.17, 15) is 46.0 Å². The van der Waals surface area contributed by atoms with E-state index in [2.05, 4.69) is 41.5 Å². The summed E-state index contributed by atoms with van der Waals surface area (Å²) in [5.41, 5.74) is -2.61. The number of hydrogen-bond acceptors (Lipinski definition) is 14. The molecule has 3 aliphatic heterocycles. The predicted octanol–water partition coefficient (Wildman–Crippen LogP) is 0.970. The van der Waals surface area contributed by atoms with E-state index in [-0.39, 0.29) is 58.0 Å². The minimum Gasteiger partial charge on any atom is -0.394 e. The SMILES string of the molecule is CC(C)(O)[C@H]1O[C@](C)([C@H]2CC[C@]3(C)C2C(O)C[C@@H]2[C@@]4(C)CC[C@H](O[C@@H]5OC[C@@H](O)[C@H](O)[C@H]5O[C@@H]5O[C@H](CO)[C@@H](O)[C@H](O)[C@H]5O)C(C)(C)C4CC[C@]23C)C[C@@H]1O. The first kappa shape index (κ1) is 42.6. The molecule has 0 radical (unpaired) electrons. The van der Waals surface area contributed by atoms with Gasteiger partial charge in [-0.3, -0.25) is 0 Å². The third-order valence-corrected chi connectivity index (χ3v) is 17.0. The number of aliphatic hydroxyl groups excluding tert-OH is 8. The molecule has 0 bridgehead atoms. The Bertz CT molecular complexity index is 1390. The quantitative estimate of drug-likeness (QED) is 0.164. The fourth-order valence-electron chi connectivity index (χ4n) is 14.0. The summed E-state index contributed by atoms with van der Waals surface area (Å²) in [6.45, 7) is 16.2. The molecular formula is C41H70O14. The minimum absolute atomic E-state index is 0.00908. The molecule has 7 aliphatic rings. The van der Waals surface area contributed by atoms with E-state index in [1.165, 1.54) is 0 Å². The summed E-state index contributed by atoms with van der Waals surface area (Å²) in [5.74, 6) is 0.473. The average molecular weight is 787 g/mol. The Morgan fingerprint density at radius 3 is 2.02 bits per heavy atom. The van der Waals surface area contributed by atoms with Gasteiger partial charge in [0.2, 0.25) is 0 Å². The zero-order valence-electron chi connectivity index (χ0n) is 34.0. The molecule has 3 unspecified atom stereocenters. The van der Waals surface area contributed by atoms with Crippen LogP contribution in [0.1, 0.15) is 107 Å². The van der Waals surface area contributed by atoms with Crippen LogP contribution >= 0.6 is 0 Å². The molecule has 0 aromatic carbocycles. The summed E-state index contributed by atoms with van der Waals surface area (Å²) in [6.07, 6.45) is -9.03. The molecule has 0 amide bonds. The van der Waals surface area contributed by atoms with Gasteiger partial charge in [0.25, 0.3) is 0 Å². The molecular weight excluding hydrogens is 716 g/mol. The third kappa shape index (κ3) is 6.50. The van der Waals surface area contributed by atoms with Crippen molar-refractivity contribution in [3.05, 3.63) is 0 Å². The lowest BCUT2D eigenvalue weighted by Crippen LogP contribution is -2.67. The van der Waals surface area contributed by atoms with E-state index < -0.39 is 91.4 Å². The largest absolute Gasteiger partial charge is 0.394 e. The highest BCUT2D eigenvalue weighted by Crippen LogP contribution is 2.76. The molecule has 0 aromatic heterocycles. The van der Waals surface area contributed by atoms with Crippen molar-refractivity contribution in [2.24, 2.45) is 45.3 Å². The van der Waals surface area contributed by atoms with Gasteiger partial charge in [-0.25, -0.2) is 0 Å². The Labute approximate surface area is 325 Å². The molecule has 9 N–H and O–H groups in total. The maximum Gasteiger partial charge on any atom is 0.187 e. The summed E-state index contributed by atoms with van der Waals surface area (Å²) in [4.78, 5) is 0. The summed E-state index contributed by atoms with van der Waals surface area (Å²) < 4.78 is 30.8. The van der Waals surface area contributed by atoms with Gasteiger partial charge < -0.3 is 69.6 Å². The molecule has 7 fully saturated rings. The van der Waals surface area contributed by atoms with Gasteiger partial charge in [-0.2, -0.15) is 0 Å². The van der Waals surface area contributed by atoms with E-state index in [4.69, 9.17) is 23.7 Å². The molecule has 318 valence electrons. The molecule has 0 spiro atoms. The normalized spacial score (nSPS) is 56.8. The van der Waals surface area contributed by atoms with Gasteiger partial charge in [-0.05, 0) is 111 Å². The lowest BCUT2D eigenvalue weighted by Gasteiger charge is -2.70. The van der Waals surface area contributed by atoms with Crippen LogP contribution in [0, 0.1) is 45.3 Å². The van der Waals surface area contributed by atoms with E-state index in [1.807, 2.05) is 0 Å². The van der Waals surface area contributed by atoms with Gasteiger partial charge in [0.05, 0.1) is 42.7 Å². The Morgan fingerprint density at radius 1 is 0.709 bits per heavy atom.